The molecule has 4 rings (SSSR count). The number of rotatable bonds is 4. The number of hydrogen-bond acceptors (Lipinski definition) is 8. The third kappa shape index (κ3) is 2.96. The van der Waals surface area contributed by atoms with Crippen molar-refractivity contribution in [3.05, 3.63) is 34.1 Å². The predicted molar refractivity (Wildman–Crippen MR) is 93.4 cm³/mol. The largest absolute Gasteiger partial charge is 0.465 e. The van der Waals surface area contributed by atoms with Gasteiger partial charge in [0, 0.05) is 13.2 Å². The topological polar surface area (TPSA) is 94.8 Å². The minimum Gasteiger partial charge on any atom is -0.465 e. The van der Waals surface area contributed by atoms with Crippen LogP contribution in [0, 0.1) is 0 Å². The van der Waals surface area contributed by atoms with Crippen molar-refractivity contribution in [2.75, 3.05) is 25.6 Å². The van der Waals surface area contributed by atoms with Crippen LogP contribution >= 0.6 is 11.3 Å². The Morgan fingerprint density at radius 2 is 2.40 bits per heavy atom. The number of nitrogens with one attached hydrogen (secondary N) is 1. The summed E-state index contributed by atoms with van der Waals surface area (Å²) in [6.45, 7) is 1.45. The molecule has 0 spiro atoms. The van der Waals surface area contributed by atoms with Gasteiger partial charge in [-0.3, -0.25) is 4.79 Å². The van der Waals surface area contributed by atoms with Crippen molar-refractivity contribution in [2.24, 2.45) is 0 Å². The number of ether oxygens (including phenoxy) is 2. The molecule has 0 radical (unpaired) electrons. The number of hydrogen-bond donors (Lipinski definition) is 1. The van der Waals surface area contributed by atoms with E-state index in [0.29, 0.717) is 33.1 Å². The first-order valence-electron chi connectivity index (χ1n) is 7.93. The molecule has 8 nitrogen and oxygen atoms in total. The lowest BCUT2D eigenvalue weighted by molar-refractivity contribution is 0.0601. The van der Waals surface area contributed by atoms with Crippen LogP contribution in [0.1, 0.15) is 23.2 Å². The first-order valence-corrected chi connectivity index (χ1v) is 8.75. The molecule has 1 fully saturated rings. The zero-order valence-corrected chi connectivity index (χ0v) is 14.3. The van der Waals surface area contributed by atoms with Gasteiger partial charge in [0.15, 0.2) is 0 Å². The Labute approximate surface area is 146 Å². The Kier molecular flexibility index (Phi) is 4.10. The van der Waals surface area contributed by atoms with Crippen molar-refractivity contribution in [1.29, 1.82) is 0 Å². The molecule has 0 aliphatic carbocycles. The fraction of sp³-hybridized carbons (Fsp3) is 0.375. The van der Waals surface area contributed by atoms with Crippen LogP contribution in [0.15, 0.2) is 23.0 Å². The molecule has 1 aromatic carbocycles. The molecular weight excluding hydrogens is 344 g/mol. The molecule has 3 aromatic rings. The van der Waals surface area contributed by atoms with Crippen LogP contribution < -0.4 is 10.9 Å². The van der Waals surface area contributed by atoms with Crippen LogP contribution in [0.25, 0.3) is 15.9 Å². The SMILES string of the molecule is COC(=O)c1ccc2c(=O)n3nc(NC[C@H]4CCCO4)sc3nc2c1. The smallest absolute Gasteiger partial charge is 0.337 e. The van der Waals surface area contributed by atoms with Gasteiger partial charge < -0.3 is 14.8 Å². The number of anilines is 1. The summed E-state index contributed by atoms with van der Waals surface area (Å²) in [5.41, 5.74) is 0.535. The van der Waals surface area contributed by atoms with Crippen LogP contribution in [0.5, 0.6) is 0 Å². The maximum Gasteiger partial charge on any atom is 0.337 e. The molecule has 1 saturated heterocycles. The Morgan fingerprint density at radius 1 is 1.52 bits per heavy atom. The third-order valence-corrected chi connectivity index (χ3v) is 4.99. The number of carbonyl (C=O) groups excluding carboxylic acids is 1. The average molecular weight is 360 g/mol. The fourth-order valence-corrected chi connectivity index (χ4v) is 3.64. The molecule has 3 heterocycles. The van der Waals surface area contributed by atoms with E-state index in [9.17, 15) is 9.59 Å². The van der Waals surface area contributed by atoms with Crippen molar-refractivity contribution < 1.29 is 14.3 Å². The van der Waals surface area contributed by atoms with E-state index in [4.69, 9.17) is 9.47 Å². The lowest BCUT2D eigenvalue weighted by Gasteiger charge is -2.08. The second-order valence-corrected chi connectivity index (χ2v) is 6.71. The zero-order chi connectivity index (χ0) is 17.4. The van der Waals surface area contributed by atoms with Crippen molar-refractivity contribution in [3.63, 3.8) is 0 Å². The number of benzene rings is 1. The molecule has 25 heavy (non-hydrogen) atoms. The first kappa shape index (κ1) is 16.0. The van der Waals surface area contributed by atoms with Gasteiger partial charge >= 0.3 is 5.97 Å². The molecule has 1 atom stereocenters. The number of esters is 1. The number of aromatic nitrogens is 3. The molecule has 1 aliphatic heterocycles. The van der Waals surface area contributed by atoms with Gasteiger partial charge in [-0.15, -0.1) is 5.10 Å². The van der Waals surface area contributed by atoms with Crippen molar-refractivity contribution >= 4 is 38.3 Å². The van der Waals surface area contributed by atoms with E-state index < -0.39 is 5.97 Å². The van der Waals surface area contributed by atoms with E-state index >= 15 is 0 Å². The molecular formula is C16H16N4O4S. The van der Waals surface area contributed by atoms with Gasteiger partial charge in [-0.1, -0.05) is 11.3 Å². The van der Waals surface area contributed by atoms with E-state index in [0.717, 1.165) is 19.4 Å². The monoisotopic (exact) mass is 360 g/mol. The van der Waals surface area contributed by atoms with Gasteiger partial charge in [-0.2, -0.15) is 4.52 Å². The van der Waals surface area contributed by atoms with Gasteiger partial charge in [0.2, 0.25) is 10.1 Å². The Balaban J connectivity index is 1.70. The van der Waals surface area contributed by atoms with E-state index in [2.05, 4.69) is 15.4 Å². The molecule has 130 valence electrons. The normalized spacial score (nSPS) is 17.2. The van der Waals surface area contributed by atoms with Crippen molar-refractivity contribution in [2.45, 2.75) is 18.9 Å². The highest BCUT2D eigenvalue weighted by Gasteiger charge is 2.17. The van der Waals surface area contributed by atoms with E-state index in [-0.39, 0.29) is 11.7 Å². The molecule has 1 N–H and O–H groups in total. The molecule has 0 amide bonds. The molecule has 9 heteroatoms. The Morgan fingerprint density at radius 3 is 3.16 bits per heavy atom. The van der Waals surface area contributed by atoms with Crippen LogP contribution in [-0.4, -0.2) is 46.9 Å². The highest BCUT2D eigenvalue weighted by atomic mass is 32.1. The summed E-state index contributed by atoms with van der Waals surface area (Å²) in [6, 6.07) is 4.68. The summed E-state index contributed by atoms with van der Waals surface area (Å²) >= 11 is 1.29. The summed E-state index contributed by atoms with van der Waals surface area (Å²) in [5.74, 6) is -0.466. The minimum atomic E-state index is -0.466. The predicted octanol–water partition coefficient (Wildman–Crippen LogP) is 1.68. The summed E-state index contributed by atoms with van der Waals surface area (Å²) in [5, 5.41) is 8.52. The third-order valence-electron chi connectivity index (χ3n) is 4.12. The molecule has 0 bridgehead atoms. The standard InChI is InChI=1S/C16H16N4O4S/c1-23-14(22)9-4-5-11-12(7-9)18-16-20(13(11)21)19-15(25-16)17-8-10-3-2-6-24-10/h4-5,7,10H,2-3,6,8H2,1H3,(H,17,19)/t10-/m1/s1. The maximum atomic E-state index is 12.6. The summed E-state index contributed by atoms with van der Waals surface area (Å²) in [4.78, 5) is 29.2. The zero-order valence-electron chi connectivity index (χ0n) is 13.5. The Hall–Kier alpha value is -2.52. The summed E-state index contributed by atoms with van der Waals surface area (Å²) < 4.78 is 11.6. The van der Waals surface area contributed by atoms with E-state index in [1.165, 1.54) is 23.0 Å². The van der Waals surface area contributed by atoms with Crippen LogP contribution in [-0.2, 0) is 9.47 Å². The van der Waals surface area contributed by atoms with Gasteiger partial charge in [0.25, 0.3) is 5.56 Å². The molecule has 0 unspecified atom stereocenters. The number of nitrogens with zero attached hydrogens (tertiary/aromatic N) is 3. The first-order chi connectivity index (χ1) is 12.2. The van der Waals surface area contributed by atoms with Crippen molar-refractivity contribution in [1.82, 2.24) is 14.6 Å². The highest BCUT2D eigenvalue weighted by molar-refractivity contribution is 7.20. The van der Waals surface area contributed by atoms with Gasteiger partial charge in [0.1, 0.15) is 0 Å². The second kappa shape index (κ2) is 6.41. The maximum absolute atomic E-state index is 12.6. The van der Waals surface area contributed by atoms with Gasteiger partial charge in [-0.25, -0.2) is 9.78 Å². The van der Waals surface area contributed by atoms with Gasteiger partial charge in [0.05, 0.1) is 29.7 Å². The molecule has 1 aliphatic rings. The lowest BCUT2D eigenvalue weighted by atomic mass is 10.1. The number of fused-ring (bicyclic) bond motifs is 2. The van der Waals surface area contributed by atoms with E-state index in [1.807, 2.05) is 0 Å². The second-order valence-electron chi connectivity index (χ2n) is 5.76. The number of carbonyl (C=O) groups is 1. The van der Waals surface area contributed by atoms with Crippen molar-refractivity contribution in [3.8, 4) is 0 Å². The lowest BCUT2D eigenvalue weighted by Crippen LogP contribution is -2.19. The van der Waals surface area contributed by atoms with Crippen LogP contribution in [0.2, 0.25) is 0 Å². The molecule has 0 saturated carbocycles. The quantitative estimate of drug-likeness (QED) is 0.707. The number of methoxy groups -OCH3 is 1. The Bertz CT molecular complexity index is 1010. The highest BCUT2D eigenvalue weighted by Crippen LogP contribution is 2.21. The summed E-state index contributed by atoms with van der Waals surface area (Å²) in [6.07, 6.45) is 2.27. The summed E-state index contributed by atoms with van der Waals surface area (Å²) in [7, 11) is 1.31. The molecule has 2 aromatic heterocycles. The average Bonchev–Trinajstić information content (AvgIpc) is 3.28. The van der Waals surface area contributed by atoms with E-state index in [1.54, 1.807) is 18.2 Å². The van der Waals surface area contributed by atoms with Gasteiger partial charge in [-0.05, 0) is 31.0 Å². The fourth-order valence-electron chi connectivity index (χ4n) is 2.83. The van der Waals surface area contributed by atoms with Crippen LogP contribution in [0.4, 0.5) is 5.13 Å². The van der Waals surface area contributed by atoms with Crippen LogP contribution in [0.3, 0.4) is 0 Å². The minimum absolute atomic E-state index is 0.179.